The molecule has 4 nitrogen and oxygen atoms in total. The Bertz CT molecular complexity index is 598. The molecule has 1 aromatic heterocycles. The van der Waals surface area contributed by atoms with Crippen LogP contribution < -0.4 is 10.6 Å². The van der Waals surface area contributed by atoms with Crippen LogP contribution in [0.25, 0.3) is 0 Å². The lowest BCUT2D eigenvalue weighted by Crippen LogP contribution is -2.38. The van der Waals surface area contributed by atoms with E-state index in [4.69, 9.17) is 4.42 Å². The zero-order valence-corrected chi connectivity index (χ0v) is 15.7. The molecule has 0 bridgehead atoms. The van der Waals surface area contributed by atoms with Crippen LogP contribution in [0.2, 0.25) is 0 Å². The molecule has 124 valence electrons. The van der Waals surface area contributed by atoms with Crippen molar-refractivity contribution in [3.8, 4) is 0 Å². The van der Waals surface area contributed by atoms with E-state index in [1.165, 1.54) is 12.0 Å². The first-order valence-electron chi connectivity index (χ1n) is 7.96. The van der Waals surface area contributed by atoms with Crippen molar-refractivity contribution in [2.24, 2.45) is 10.9 Å². The fourth-order valence-corrected chi connectivity index (χ4v) is 2.71. The molecule has 3 rings (SSSR count). The summed E-state index contributed by atoms with van der Waals surface area (Å²) >= 11 is 0. The van der Waals surface area contributed by atoms with Crippen LogP contribution in [-0.2, 0) is 6.54 Å². The first-order chi connectivity index (χ1) is 10.9. The van der Waals surface area contributed by atoms with Crippen molar-refractivity contribution < 1.29 is 4.42 Å². The molecule has 1 fully saturated rings. The standard InChI is InChI=1S/C18H23N3O.HI/c1-2-19-18(21-13-16-9-6-10-22-16)20-12-15-11-17(15)14-7-4-3-5-8-14;/h3-10,15,17H,2,11-13H2,1H3,(H2,19,20,21);1H. The summed E-state index contributed by atoms with van der Waals surface area (Å²) in [5.74, 6) is 3.14. The van der Waals surface area contributed by atoms with Gasteiger partial charge in [0.1, 0.15) is 12.3 Å². The number of aliphatic imine (C=N–C) groups is 1. The fraction of sp³-hybridized carbons (Fsp3) is 0.389. The van der Waals surface area contributed by atoms with E-state index in [2.05, 4.69) is 52.9 Å². The average Bonchev–Trinajstić information content (AvgIpc) is 3.15. The summed E-state index contributed by atoms with van der Waals surface area (Å²) in [5, 5.41) is 6.72. The number of rotatable bonds is 6. The van der Waals surface area contributed by atoms with Gasteiger partial charge >= 0.3 is 0 Å². The first-order valence-corrected chi connectivity index (χ1v) is 7.96. The molecule has 2 atom stereocenters. The topological polar surface area (TPSA) is 49.6 Å². The minimum Gasteiger partial charge on any atom is -0.467 e. The van der Waals surface area contributed by atoms with Crippen LogP contribution in [0.15, 0.2) is 58.1 Å². The Morgan fingerprint density at radius 3 is 2.70 bits per heavy atom. The third kappa shape index (κ3) is 5.27. The summed E-state index contributed by atoms with van der Waals surface area (Å²) < 4.78 is 5.31. The smallest absolute Gasteiger partial charge is 0.191 e. The maximum Gasteiger partial charge on any atom is 0.191 e. The highest BCUT2D eigenvalue weighted by Gasteiger charge is 2.37. The minimum atomic E-state index is 0. The molecule has 0 saturated heterocycles. The van der Waals surface area contributed by atoms with Crippen LogP contribution >= 0.6 is 24.0 Å². The number of hydrogen-bond donors (Lipinski definition) is 2. The lowest BCUT2D eigenvalue weighted by atomic mass is 10.1. The Balaban J connectivity index is 0.00000192. The van der Waals surface area contributed by atoms with Crippen molar-refractivity contribution in [1.29, 1.82) is 0 Å². The summed E-state index contributed by atoms with van der Waals surface area (Å²) in [6.45, 7) is 4.46. The van der Waals surface area contributed by atoms with Crippen molar-refractivity contribution in [2.75, 3.05) is 13.1 Å². The van der Waals surface area contributed by atoms with Crippen molar-refractivity contribution >= 4 is 29.9 Å². The molecular weight excluding hydrogens is 401 g/mol. The van der Waals surface area contributed by atoms with Crippen LogP contribution in [0, 0.1) is 5.92 Å². The molecule has 0 spiro atoms. The van der Waals surface area contributed by atoms with E-state index < -0.39 is 0 Å². The largest absolute Gasteiger partial charge is 0.467 e. The van der Waals surface area contributed by atoms with Gasteiger partial charge in [0.05, 0.1) is 6.26 Å². The molecule has 1 aliphatic carbocycles. The van der Waals surface area contributed by atoms with Crippen molar-refractivity contribution in [3.63, 3.8) is 0 Å². The van der Waals surface area contributed by atoms with Crippen LogP contribution in [0.3, 0.4) is 0 Å². The number of halogens is 1. The molecule has 0 aliphatic heterocycles. The zero-order chi connectivity index (χ0) is 15.2. The second-order valence-corrected chi connectivity index (χ2v) is 5.67. The van der Waals surface area contributed by atoms with Gasteiger partial charge in [0.25, 0.3) is 0 Å². The van der Waals surface area contributed by atoms with E-state index in [9.17, 15) is 0 Å². The molecular formula is C18H24IN3O. The van der Waals surface area contributed by atoms with Gasteiger partial charge in [-0.1, -0.05) is 30.3 Å². The molecule has 2 aromatic rings. The van der Waals surface area contributed by atoms with Gasteiger partial charge in [-0.2, -0.15) is 0 Å². The minimum absolute atomic E-state index is 0. The predicted molar refractivity (Wildman–Crippen MR) is 104 cm³/mol. The normalized spacial score (nSPS) is 19.8. The maximum absolute atomic E-state index is 5.31. The summed E-state index contributed by atoms with van der Waals surface area (Å²) in [5.41, 5.74) is 1.45. The number of hydrogen-bond acceptors (Lipinski definition) is 2. The Kier molecular flexibility index (Phi) is 6.95. The van der Waals surface area contributed by atoms with E-state index in [1.54, 1.807) is 6.26 Å². The predicted octanol–water partition coefficient (Wildman–Crippen LogP) is 3.76. The summed E-state index contributed by atoms with van der Waals surface area (Å²) in [7, 11) is 0. The summed E-state index contributed by atoms with van der Waals surface area (Å²) in [6, 6.07) is 14.6. The highest BCUT2D eigenvalue weighted by Crippen LogP contribution is 2.46. The van der Waals surface area contributed by atoms with Crippen molar-refractivity contribution in [3.05, 3.63) is 60.1 Å². The molecule has 0 amide bonds. The second-order valence-electron chi connectivity index (χ2n) is 5.67. The number of benzene rings is 1. The fourth-order valence-electron chi connectivity index (χ4n) is 2.71. The van der Waals surface area contributed by atoms with Crippen molar-refractivity contribution in [1.82, 2.24) is 10.6 Å². The SMILES string of the molecule is CCNC(=NCc1ccco1)NCC1CC1c1ccccc1.I. The Labute approximate surface area is 154 Å². The quantitative estimate of drug-likeness (QED) is 0.421. The van der Waals surface area contributed by atoms with Crippen LogP contribution in [0.4, 0.5) is 0 Å². The van der Waals surface area contributed by atoms with E-state index in [0.717, 1.165) is 24.8 Å². The third-order valence-corrected chi connectivity index (χ3v) is 4.00. The number of nitrogens with zero attached hydrogens (tertiary/aromatic N) is 1. The van der Waals surface area contributed by atoms with Gasteiger partial charge < -0.3 is 15.1 Å². The monoisotopic (exact) mass is 425 g/mol. The van der Waals surface area contributed by atoms with E-state index in [0.29, 0.717) is 18.4 Å². The second kappa shape index (κ2) is 8.96. The molecule has 5 heteroatoms. The molecule has 1 saturated carbocycles. The first kappa shape index (κ1) is 17.8. The number of guanidine groups is 1. The highest BCUT2D eigenvalue weighted by molar-refractivity contribution is 14.0. The molecule has 0 radical (unpaired) electrons. The molecule has 1 aliphatic rings. The molecule has 2 N–H and O–H groups in total. The molecule has 2 unspecified atom stereocenters. The molecule has 1 heterocycles. The zero-order valence-electron chi connectivity index (χ0n) is 13.4. The van der Waals surface area contributed by atoms with Gasteiger partial charge in [-0.3, -0.25) is 0 Å². The van der Waals surface area contributed by atoms with Gasteiger partial charge in [-0.15, -0.1) is 24.0 Å². The Morgan fingerprint density at radius 2 is 2.00 bits per heavy atom. The number of furan rings is 1. The molecule has 23 heavy (non-hydrogen) atoms. The molecule has 1 aromatic carbocycles. The summed E-state index contributed by atoms with van der Waals surface area (Å²) in [4.78, 5) is 4.55. The van der Waals surface area contributed by atoms with Crippen LogP contribution in [0.1, 0.15) is 30.6 Å². The van der Waals surface area contributed by atoms with Crippen LogP contribution in [0.5, 0.6) is 0 Å². The van der Waals surface area contributed by atoms with E-state index >= 15 is 0 Å². The van der Waals surface area contributed by atoms with Gasteiger partial charge in [0, 0.05) is 13.1 Å². The lowest BCUT2D eigenvalue weighted by Gasteiger charge is -2.10. The maximum atomic E-state index is 5.31. The van der Waals surface area contributed by atoms with E-state index in [1.807, 2.05) is 12.1 Å². The van der Waals surface area contributed by atoms with Crippen LogP contribution in [-0.4, -0.2) is 19.0 Å². The van der Waals surface area contributed by atoms with Crippen molar-refractivity contribution in [2.45, 2.75) is 25.8 Å². The van der Waals surface area contributed by atoms with Gasteiger partial charge in [-0.25, -0.2) is 4.99 Å². The summed E-state index contributed by atoms with van der Waals surface area (Å²) in [6.07, 6.45) is 2.94. The number of nitrogens with one attached hydrogen (secondary N) is 2. The van der Waals surface area contributed by atoms with Gasteiger partial charge in [-0.05, 0) is 42.9 Å². The van der Waals surface area contributed by atoms with Gasteiger partial charge in [0.2, 0.25) is 0 Å². The van der Waals surface area contributed by atoms with Gasteiger partial charge in [0.15, 0.2) is 5.96 Å². The highest BCUT2D eigenvalue weighted by atomic mass is 127. The average molecular weight is 425 g/mol. The van der Waals surface area contributed by atoms with E-state index in [-0.39, 0.29) is 24.0 Å². The Hall–Kier alpha value is -1.50. The lowest BCUT2D eigenvalue weighted by molar-refractivity contribution is 0.512. The Morgan fingerprint density at radius 1 is 1.17 bits per heavy atom. The third-order valence-electron chi connectivity index (χ3n) is 4.00.